The van der Waals surface area contributed by atoms with E-state index in [0.29, 0.717) is 50.5 Å². The van der Waals surface area contributed by atoms with E-state index in [4.69, 9.17) is 59.8 Å². The van der Waals surface area contributed by atoms with E-state index < -0.39 is 16.6 Å². The van der Waals surface area contributed by atoms with Crippen molar-refractivity contribution in [2.45, 2.75) is 31.1 Å². The van der Waals surface area contributed by atoms with Gasteiger partial charge in [-0.3, -0.25) is 4.79 Å². The van der Waals surface area contributed by atoms with Crippen molar-refractivity contribution in [1.82, 2.24) is 5.16 Å². The number of carbonyl (C=O) groups is 1. The second kappa shape index (κ2) is 10.9. The summed E-state index contributed by atoms with van der Waals surface area (Å²) in [7, 11) is 0. The maximum atomic E-state index is 12.9. The van der Waals surface area contributed by atoms with Crippen LogP contribution in [-0.2, 0) is 17.8 Å². The number of carbonyl (C=O) groups excluding carboxylic acids is 1. The van der Waals surface area contributed by atoms with Crippen molar-refractivity contribution >= 4 is 58.0 Å². The van der Waals surface area contributed by atoms with Crippen molar-refractivity contribution in [3.05, 3.63) is 80.7 Å². The number of rotatable bonds is 8. The average Bonchev–Trinajstić information content (AvgIpc) is 3.44. The van der Waals surface area contributed by atoms with Gasteiger partial charge < -0.3 is 18.3 Å². The van der Waals surface area contributed by atoms with E-state index in [-0.39, 0.29) is 12.3 Å². The molecule has 0 saturated heterocycles. The molecule has 0 fully saturated rings. The van der Waals surface area contributed by atoms with Crippen LogP contribution < -0.4 is 10.7 Å². The summed E-state index contributed by atoms with van der Waals surface area (Å²) in [5.74, 6) is -0.438. The maximum absolute atomic E-state index is 12.9. The van der Waals surface area contributed by atoms with E-state index in [1.807, 2.05) is 6.92 Å². The topological polar surface area (TPSA) is 89.7 Å². The molecule has 0 bridgehead atoms. The first kappa shape index (κ1) is 25.4. The fourth-order valence-electron chi connectivity index (χ4n) is 3.53. The first-order chi connectivity index (χ1) is 16.8. The van der Waals surface area contributed by atoms with Gasteiger partial charge in [-0.2, -0.15) is 0 Å². The molecule has 0 saturated carbocycles. The van der Waals surface area contributed by atoms with Crippen LogP contribution in [0.2, 0.25) is 10.0 Å². The minimum Gasteiger partial charge on any atom is -0.396 e. The number of hydrogen-bond acceptors (Lipinski definition) is 6. The molecule has 0 aliphatic rings. The summed E-state index contributed by atoms with van der Waals surface area (Å²) in [6.45, 7) is 1.83. The number of aryl methyl sites for hydroxylation is 1. The fraction of sp³-hybridized carbons (Fsp3) is 0.208. The van der Waals surface area contributed by atoms with E-state index in [9.17, 15) is 9.59 Å². The lowest BCUT2D eigenvalue weighted by atomic mass is 10.1. The van der Waals surface area contributed by atoms with Crippen LogP contribution >= 0.6 is 46.4 Å². The number of alkyl halides is 2. The van der Waals surface area contributed by atoms with Gasteiger partial charge in [-0.05, 0) is 30.7 Å². The van der Waals surface area contributed by atoms with Gasteiger partial charge in [0.25, 0.3) is 5.91 Å². The Kier molecular flexibility index (Phi) is 7.91. The van der Waals surface area contributed by atoms with Crippen LogP contribution in [0.25, 0.3) is 22.6 Å². The number of amides is 1. The molecule has 11 heteroatoms. The van der Waals surface area contributed by atoms with E-state index >= 15 is 0 Å². The zero-order chi connectivity index (χ0) is 25.1. The Labute approximate surface area is 220 Å². The molecule has 4 rings (SSSR count). The molecule has 2 aromatic heterocycles. The molecule has 0 N–H and O–H groups in total. The number of aromatic nitrogens is 1. The van der Waals surface area contributed by atoms with Crippen LogP contribution in [0.15, 0.2) is 66.7 Å². The van der Waals surface area contributed by atoms with Crippen molar-refractivity contribution in [3.8, 4) is 22.6 Å². The number of hydrogen-bond donors (Lipinski definition) is 0. The predicted molar refractivity (Wildman–Crippen MR) is 135 cm³/mol. The molecule has 4 aromatic rings. The molecule has 182 valence electrons. The van der Waals surface area contributed by atoms with E-state index in [2.05, 4.69) is 5.16 Å². The van der Waals surface area contributed by atoms with Gasteiger partial charge in [0, 0.05) is 29.3 Å². The van der Waals surface area contributed by atoms with Gasteiger partial charge in [0.1, 0.15) is 5.69 Å². The highest BCUT2D eigenvalue weighted by molar-refractivity contribution is 6.54. The predicted octanol–water partition coefficient (Wildman–Crippen LogP) is 7.15. The van der Waals surface area contributed by atoms with Crippen molar-refractivity contribution < 1.29 is 18.2 Å². The third kappa shape index (κ3) is 5.59. The molecule has 0 radical (unpaired) electrons. The van der Waals surface area contributed by atoms with Crippen molar-refractivity contribution in [2.24, 2.45) is 0 Å². The highest BCUT2D eigenvalue weighted by atomic mass is 35.5. The molecule has 2 heterocycles. The van der Waals surface area contributed by atoms with Gasteiger partial charge in [-0.15, -0.1) is 0 Å². The average molecular weight is 556 g/mol. The zero-order valence-corrected chi connectivity index (χ0v) is 21.3. The second-order valence-electron chi connectivity index (χ2n) is 7.50. The highest BCUT2D eigenvalue weighted by Gasteiger charge is 2.26. The Morgan fingerprint density at radius 1 is 1.03 bits per heavy atom. The van der Waals surface area contributed by atoms with Gasteiger partial charge in [-0.25, -0.2) is 4.79 Å². The number of anilines is 1. The van der Waals surface area contributed by atoms with Crippen molar-refractivity contribution in [3.63, 3.8) is 0 Å². The zero-order valence-electron chi connectivity index (χ0n) is 18.3. The second-order valence-corrected chi connectivity index (χ2v) is 9.41. The fourth-order valence-corrected chi connectivity index (χ4v) is 4.36. The van der Waals surface area contributed by atoms with Crippen molar-refractivity contribution in [2.75, 3.05) is 4.90 Å². The third-order valence-corrected chi connectivity index (χ3v) is 6.13. The Morgan fingerprint density at radius 3 is 2.40 bits per heavy atom. The third-order valence-electron chi connectivity index (χ3n) is 5.13. The van der Waals surface area contributed by atoms with Crippen LogP contribution in [0.1, 0.15) is 24.9 Å². The number of benzene rings is 2. The molecule has 2 aromatic carbocycles. The normalized spacial score (nSPS) is 11.3. The van der Waals surface area contributed by atoms with Gasteiger partial charge in [0.15, 0.2) is 22.1 Å². The molecule has 0 unspecified atom stereocenters. The standard InChI is InChI=1S/C24H18Cl4N2O5/c1-2-5-18-20(34-24(32)33-18)12-30(23(31)22(27)28)14-7-3-6-13(10-14)19-11-17(29-35-19)21-15(25)8-4-9-16(21)26/h3-4,6-11,22H,2,5,12H2,1H3. The van der Waals surface area contributed by atoms with E-state index in [1.54, 1.807) is 48.5 Å². The molecular weight excluding hydrogens is 538 g/mol. The van der Waals surface area contributed by atoms with Crippen LogP contribution in [0.4, 0.5) is 5.69 Å². The lowest BCUT2D eigenvalue weighted by Crippen LogP contribution is -2.34. The Morgan fingerprint density at radius 2 is 1.71 bits per heavy atom. The van der Waals surface area contributed by atoms with E-state index in [0.717, 1.165) is 6.42 Å². The Hall–Kier alpha value is -2.71. The number of nitrogens with zero attached hydrogens (tertiary/aromatic N) is 2. The van der Waals surface area contributed by atoms with Crippen LogP contribution in [0, 0.1) is 0 Å². The van der Waals surface area contributed by atoms with Crippen LogP contribution in [0.3, 0.4) is 0 Å². The molecule has 7 nitrogen and oxygen atoms in total. The van der Waals surface area contributed by atoms with Gasteiger partial charge >= 0.3 is 5.82 Å². The number of halogens is 4. The van der Waals surface area contributed by atoms with Gasteiger partial charge in [0.2, 0.25) is 0 Å². The molecule has 0 aliphatic heterocycles. The summed E-state index contributed by atoms with van der Waals surface area (Å²) in [4.78, 5) is 24.5. The smallest absolute Gasteiger partial charge is 0.396 e. The lowest BCUT2D eigenvalue weighted by molar-refractivity contribution is -0.117. The largest absolute Gasteiger partial charge is 0.519 e. The molecule has 0 aliphatic carbocycles. The summed E-state index contributed by atoms with van der Waals surface area (Å²) in [6.07, 6.45) is 1.19. The Balaban J connectivity index is 1.70. The Bertz CT molecular complexity index is 1390. The summed E-state index contributed by atoms with van der Waals surface area (Å²) in [5.41, 5.74) is 2.06. The molecule has 1 amide bonds. The minimum absolute atomic E-state index is 0.101. The first-order valence-corrected chi connectivity index (χ1v) is 12.1. The molecule has 0 atom stereocenters. The van der Waals surface area contributed by atoms with Crippen LogP contribution in [-0.4, -0.2) is 15.9 Å². The quantitative estimate of drug-likeness (QED) is 0.214. The minimum atomic E-state index is -1.34. The van der Waals surface area contributed by atoms with Crippen molar-refractivity contribution in [1.29, 1.82) is 0 Å². The van der Waals surface area contributed by atoms with Crippen LogP contribution in [0.5, 0.6) is 0 Å². The molecule has 35 heavy (non-hydrogen) atoms. The summed E-state index contributed by atoms with van der Waals surface area (Å²) in [6, 6.07) is 13.7. The maximum Gasteiger partial charge on any atom is 0.519 e. The summed E-state index contributed by atoms with van der Waals surface area (Å²) < 4.78 is 15.8. The summed E-state index contributed by atoms with van der Waals surface area (Å²) >= 11 is 24.4. The van der Waals surface area contributed by atoms with Gasteiger partial charge in [0.05, 0.1) is 16.6 Å². The molecular formula is C24H18Cl4N2O5. The van der Waals surface area contributed by atoms with E-state index in [1.165, 1.54) is 4.90 Å². The lowest BCUT2D eigenvalue weighted by Gasteiger charge is -2.23. The first-order valence-electron chi connectivity index (χ1n) is 10.5. The monoisotopic (exact) mass is 554 g/mol. The highest BCUT2D eigenvalue weighted by Crippen LogP contribution is 2.36. The van der Waals surface area contributed by atoms with Gasteiger partial charge in [-0.1, -0.05) is 76.7 Å². The molecule has 0 spiro atoms. The SMILES string of the molecule is CCCc1oc(=O)oc1CN(C(=O)C(Cl)Cl)c1cccc(-c2cc(-c3c(Cl)cccc3Cl)no2)c1. The summed E-state index contributed by atoms with van der Waals surface area (Å²) in [5, 5.41) is 4.96.